The maximum absolute atomic E-state index is 13.5. The average molecular weight is 260 g/mol. The van der Waals surface area contributed by atoms with Crippen LogP contribution < -0.4 is 0 Å². The highest BCUT2D eigenvalue weighted by atomic mass is 19.1. The number of aromatic carboxylic acids is 1. The molecule has 0 bridgehead atoms. The van der Waals surface area contributed by atoms with Crippen LogP contribution in [0.2, 0.25) is 0 Å². The molecule has 2 rings (SSSR count). The first-order chi connectivity index (χ1) is 9.06. The molecule has 1 N–H and O–H groups in total. The highest BCUT2D eigenvalue weighted by molar-refractivity contribution is 5.85. The number of hydrogen-bond acceptors (Lipinski definition) is 3. The maximum atomic E-state index is 13.5. The van der Waals surface area contributed by atoms with Gasteiger partial charge < -0.3 is 5.11 Å². The van der Waals surface area contributed by atoms with E-state index in [1.165, 1.54) is 12.1 Å². The van der Waals surface area contributed by atoms with Crippen molar-refractivity contribution in [1.29, 1.82) is 0 Å². The van der Waals surface area contributed by atoms with Crippen molar-refractivity contribution in [1.82, 2.24) is 9.97 Å². The molecule has 0 saturated heterocycles. The average Bonchev–Trinajstić information content (AvgIpc) is 2.37. The van der Waals surface area contributed by atoms with E-state index < -0.39 is 5.97 Å². The van der Waals surface area contributed by atoms with Crippen LogP contribution in [0.5, 0.6) is 0 Å². The molecule has 0 radical (unpaired) electrons. The van der Waals surface area contributed by atoms with Crippen LogP contribution in [-0.4, -0.2) is 21.0 Å². The second kappa shape index (κ2) is 5.56. The Labute approximate surface area is 110 Å². The van der Waals surface area contributed by atoms with E-state index in [-0.39, 0.29) is 11.5 Å². The Kier molecular flexibility index (Phi) is 3.85. The molecule has 5 heteroatoms. The molecule has 1 aromatic carbocycles. The van der Waals surface area contributed by atoms with Gasteiger partial charge in [0, 0.05) is 5.69 Å². The number of rotatable bonds is 4. The number of halogens is 1. The fraction of sp³-hybridized carbons (Fsp3) is 0.214. The quantitative estimate of drug-likeness (QED) is 0.916. The first kappa shape index (κ1) is 13.1. The summed E-state index contributed by atoms with van der Waals surface area (Å²) in [5, 5.41) is 8.91. The van der Waals surface area contributed by atoms with Crippen LogP contribution in [0.15, 0.2) is 30.3 Å². The molecule has 19 heavy (non-hydrogen) atoms. The van der Waals surface area contributed by atoms with Gasteiger partial charge in [-0.15, -0.1) is 0 Å². The molecule has 0 fully saturated rings. The molecule has 0 aliphatic carbocycles. The molecule has 98 valence electrons. The lowest BCUT2D eigenvalue weighted by Crippen LogP contribution is -2.07. The molecule has 4 nitrogen and oxygen atoms in total. The van der Waals surface area contributed by atoms with Gasteiger partial charge in [-0.2, -0.15) is 0 Å². The van der Waals surface area contributed by atoms with Gasteiger partial charge in [0.05, 0.1) is 0 Å². The summed E-state index contributed by atoms with van der Waals surface area (Å²) in [4.78, 5) is 18.9. The van der Waals surface area contributed by atoms with E-state index in [9.17, 15) is 9.18 Å². The summed E-state index contributed by atoms with van der Waals surface area (Å²) >= 11 is 0. The summed E-state index contributed by atoms with van der Waals surface area (Å²) in [7, 11) is 0. The summed E-state index contributed by atoms with van der Waals surface area (Å²) in [5.41, 5.74) is 1.17. The van der Waals surface area contributed by atoms with E-state index in [4.69, 9.17) is 5.11 Å². The van der Waals surface area contributed by atoms with Crippen molar-refractivity contribution in [3.8, 4) is 0 Å². The van der Waals surface area contributed by atoms with Crippen molar-refractivity contribution in [2.24, 2.45) is 0 Å². The van der Waals surface area contributed by atoms with Crippen LogP contribution in [0.4, 0.5) is 4.39 Å². The van der Waals surface area contributed by atoms with Crippen molar-refractivity contribution in [2.45, 2.75) is 19.8 Å². The van der Waals surface area contributed by atoms with Crippen molar-refractivity contribution in [2.75, 3.05) is 0 Å². The van der Waals surface area contributed by atoms with Gasteiger partial charge in [0.15, 0.2) is 5.69 Å². The van der Waals surface area contributed by atoms with Crippen LogP contribution in [0.3, 0.4) is 0 Å². The van der Waals surface area contributed by atoms with Gasteiger partial charge in [-0.25, -0.2) is 19.2 Å². The van der Waals surface area contributed by atoms with Gasteiger partial charge in [-0.3, -0.25) is 0 Å². The van der Waals surface area contributed by atoms with Crippen LogP contribution in [0.25, 0.3) is 0 Å². The zero-order valence-electron chi connectivity index (χ0n) is 10.4. The highest BCUT2D eigenvalue weighted by Gasteiger charge is 2.09. The predicted molar refractivity (Wildman–Crippen MR) is 67.5 cm³/mol. The molecule has 1 aromatic heterocycles. The first-order valence-electron chi connectivity index (χ1n) is 5.87. The van der Waals surface area contributed by atoms with E-state index in [0.29, 0.717) is 29.9 Å². The lowest BCUT2D eigenvalue weighted by Gasteiger charge is -2.05. The predicted octanol–water partition coefficient (Wildman–Crippen LogP) is 2.41. The van der Waals surface area contributed by atoms with Gasteiger partial charge >= 0.3 is 5.97 Å². The van der Waals surface area contributed by atoms with Gasteiger partial charge in [-0.1, -0.05) is 18.2 Å². The third-order valence-corrected chi connectivity index (χ3v) is 2.72. The Hall–Kier alpha value is -2.30. The summed E-state index contributed by atoms with van der Waals surface area (Å²) in [5.74, 6) is -0.937. The second-order valence-electron chi connectivity index (χ2n) is 4.19. The van der Waals surface area contributed by atoms with Crippen molar-refractivity contribution >= 4 is 5.97 Å². The van der Waals surface area contributed by atoms with Crippen LogP contribution >= 0.6 is 0 Å². The van der Waals surface area contributed by atoms with E-state index in [1.54, 1.807) is 25.1 Å². The largest absolute Gasteiger partial charge is 0.477 e. The topological polar surface area (TPSA) is 63.1 Å². The number of carboxylic acid groups (broad SMARTS) is 1. The Morgan fingerprint density at radius 3 is 2.68 bits per heavy atom. The van der Waals surface area contributed by atoms with Crippen LogP contribution in [0.1, 0.15) is 27.6 Å². The third kappa shape index (κ3) is 3.34. The fourth-order valence-electron chi connectivity index (χ4n) is 1.83. The molecular formula is C14H13FN2O2. The number of benzene rings is 1. The summed E-state index contributed by atoms with van der Waals surface area (Å²) < 4.78 is 13.5. The Balaban J connectivity index is 2.16. The standard InChI is InChI=1S/C14H13FN2O2/c1-9-16-11(8-13(17-9)14(18)19)7-6-10-4-2-3-5-12(10)15/h2-5,8H,6-7H2,1H3,(H,18,19). The monoisotopic (exact) mass is 260 g/mol. The smallest absolute Gasteiger partial charge is 0.354 e. The number of nitrogens with zero attached hydrogens (tertiary/aromatic N) is 2. The molecule has 0 saturated carbocycles. The molecule has 0 spiro atoms. The zero-order chi connectivity index (χ0) is 13.8. The Morgan fingerprint density at radius 2 is 2.00 bits per heavy atom. The minimum atomic E-state index is -1.09. The Bertz CT molecular complexity index is 614. The lowest BCUT2D eigenvalue weighted by molar-refractivity contribution is 0.0689. The third-order valence-electron chi connectivity index (χ3n) is 2.72. The zero-order valence-corrected chi connectivity index (χ0v) is 10.4. The molecule has 2 aromatic rings. The van der Waals surface area contributed by atoms with E-state index in [2.05, 4.69) is 9.97 Å². The number of carbonyl (C=O) groups is 1. The van der Waals surface area contributed by atoms with Gasteiger partial charge in [-0.05, 0) is 37.5 Å². The molecule has 0 atom stereocenters. The summed E-state index contributed by atoms with van der Waals surface area (Å²) in [6.45, 7) is 1.64. The van der Waals surface area contributed by atoms with Crippen molar-refractivity contribution in [3.05, 3.63) is 58.9 Å². The minimum Gasteiger partial charge on any atom is -0.477 e. The van der Waals surface area contributed by atoms with Gasteiger partial charge in [0.2, 0.25) is 0 Å². The lowest BCUT2D eigenvalue weighted by atomic mass is 10.1. The maximum Gasteiger partial charge on any atom is 0.354 e. The first-order valence-corrected chi connectivity index (χ1v) is 5.87. The fourth-order valence-corrected chi connectivity index (χ4v) is 1.83. The SMILES string of the molecule is Cc1nc(CCc2ccccc2F)cc(C(=O)O)n1. The Morgan fingerprint density at radius 1 is 1.26 bits per heavy atom. The molecule has 1 heterocycles. The molecule has 0 aliphatic heterocycles. The summed E-state index contributed by atoms with van der Waals surface area (Å²) in [6.07, 6.45) is 0.951. The molecule has 0 unspecified atom stereocenters. The second-order valence-corrected chi connectivity index (χ2v) is 4.19. The highest BCUT2D eigenvalue weighted by Crippen LogP contribution is 2.11. The van der Waals surface area contributed by atoms with Gasteiger partial charge in [0.25, 0.3) is 0 Å². The normalized spacial score (nSPS) is 10.4. The van der Waals surface area contributed by atoms with Crippen LogP contribution in [-0.2, 0) is 12.8 Å². The molecule has 0 aliphatic rings. The van der Waals surface area contributed by atoms with Crippen molar-refractivity contribution < 1.29 is 14.3 Å². The molecule has 0 amide bonds. The minimum absolute atomic E-state index is 0.0315. The van der Waals surface area contributed by atoms with E-state index in [0.717, 1.165) is 0 Å². The summed E-state index contributed by atoms with van der Waals surface area (Å²) in [6, 6.07) is 7.95. The number of aryl methyl sites for hydroxylation is 3. The van der Waals surface area contributed by atoms with Crippen molar-refractivity contribution in [3.63, 3.8) is 0 Å². The molecular weight excluding hydrogens is 247 g/mol. The van der Waals surface area contributed by atoms with Crippen LogP contribution in [0, 0.1) is 12.7 Å². The number of aromatic nitrogens is 2. The van der Waals surface area contributed by atoms with E-state index >= 15 is 0 Å². The van der Waals surface area contributed by atoms with Gasteiger partial charge in [0.1, 0.15) is 11.6 Å². The number of carboxylic acids is 1. The van der Waals surface area contributed by atoms with E-state index in [1.807, 2.05) is 0 Å². The number of hydrogen-bond donors (Lipinski definition) is 1.